The Morgan fingerprint density at radius 2 is 1.76 bits per heavy atom. The van der Waals surface area contributed by atoms with Gasteiger partial charge in [-0.25, -0.2) is 9.67 Å². The summed E-state index contributed by atoms with van der Waals surface area (Å²) in [6.07, 6.45) is -4.73. The summed E-state index contributed by atoms with van der Waals surface area (Å²) in [6, 6.07) is 15.5. The third-order valence-corrected chi connectivity index (χ3v) is 4.58. The normalized spacial score (nSPS) is 11.8. The van der Waals surface area contributed by atoms with Crippen LogP contribution >= 0.6 is 11.6 Å². The van der Waals surface area contributed by atoms with E-state index in [-0.39, 0.29) is 5.65 Å². The third-order valence-electron chi connectivity index (χ3n) is 4.34. The van der Waals surface area contributed by atoms with Gasteiger partial charge >= 0.3 is 6.18 Å². The van der Waals surface area contributed by atoms with E-state index in [2.05, 4.69) is 4.98 Å². The maximum Gasteiger partial charge on any atom is 0.433 e. The summed E-state index contributed by atoms with van der Waals surface area (Å²) in [5, 5.41) is 0.415. The fraction of sp³-hybridized carbons (Fsp3) is 0.100. The highest BCUT2D eigenvalue weighted by atomic mass is 35.5. The van der Waals surface area contributed by atoms with Gasteiger partial charge in [-0.15, -0.1) is 0 Å². The van der Waals surface area contributed by atoms with Gasteiger partial charge in [-0.3, -0.25) is 4.79 Å². The average Bonchev–Trinajstić information content (AvgIpc) is 3.07. The predicted molar refractivity (Wildman–Crippen MR) is 103 cm³/mol. The average molecular weight is 420 g/mol. The Morgan fingerprint density at radius 3 is 2.38 bits per heavy atom. The van der Waals surface area contributed by atoms with E-state index in [0.29, 0.717) is 33.8 Å². The van der Waals surface area contributed by atoms with Crippen LogP contribution in [0.25, 0.3) is 22.6 Å². The van der Waals surface area contributed by atoms with Gasteiger partial charge in [-0.2, -0.15) is 17.7 Å². The maximum atomic E-state index is 13.1. The molecule has 2 aromatic heterocycles. The Kier molecular flexibility index (Phi) is 4.58. The number of aromatic nitrogens is 3. The van der Waals surface area contributed by atoms with Crippen LogP contribution < -0.4 is 10.3 Å². The molecule has 0 fully saturated rings. The summed E-state index contributed by atoms with van der Waals surface area (Å²) in [5.74, 6) is 0.619. The van der Waals surface area contributed by atoms with Crippen molar-refractivity contribution in [2.45, 2.75) is 6.18 Å². The van der Waals surface area contributed by atoms with Crippen molar-refractivity contribution in [1.82, 2.24) is 14.2 Å². The lowest BCUT2D eigenvalue weighted by Gasteiger charge is -2.12. The summed E-state index contributed by atoms with van der Waals surface area (Å²) in [7, 11) is 1.53. The molecule has 0 atom stereocenters. The summed E-state index contributed by atoms with van der Waals surface area (Å²) in [4.78, 5) is 16.3. The van der Waals surface area contributed by atoms with Crippen molar-refractivity contribution < 1.29 is 17.9 Å². The maximum absolute atomic E-state index is 13.1. The zero-order valence-electron chi connectivity index (χ0n) is 14.9. The van der Waals surface area contributed by atoms with Gasteiger partial charge in [0.1, 0.15) is 5.75 Å². The number of hydrogen-bond donors (Lipinski definition) is 0. The van der Waals surface area contributed by atoms with Gasteiger partial charge < -0.3 is 4.74 Å². The van der Waals surface area contributed by atoms with Crippen molar-refractivity contribution in [3.8, 4) is 22.7 Å². The fourth-order valence-corrected chi connectivity index (χ4v) is 3.24. The Hall–Kier alpha value is -3.26. The molecular weight excluding hydrogens is 407 g/mol. The Morgan fingerprint density at radius 1 is 1.03 bits per heavy atom. The highest BCUT2D eigenvalue weighted by Gasteiger charge is 2.34. The Labute approximate surface area is 167 Å². The van der Waals surface area contributed by atoms with E-state index in [1.807, 2.05) is 0 Å². The Balaban J connectivity index is 2.06. The first-order chi connectivity index (χ1) is 13.8. The van der Waals surface area contributed by atoms with Crippen molar-refractivity contribution in [3.05, 3.63) is 81.7 Å². The molecule has 0 saturated heterocycles. The number of halogens is 4. The van der Waals surface area contributed by atoms with Crippen molar-refractivity contribution in [2.24, 2.45) is 0 Å². The molecule has 29 heavy (non-hydrogen) atoms. The number of fused-ring (bicyclic) bond motifs is 1. The molecule has 5 nitrogen and oxygen atoms in total. The van der Waals surface area contributed by atoms with E-state index >= 15 is 0 Å². The highest BCUT2D eigenvalue weighted by molar-refractivity contribution is 6.30. The monoisotopic (exact) mass is 419 g/mol. The molecule has 2 aromatic carbocycles. The van der Waals surface area contributed by atoms with Crippen LogP contribution in [0.1, 0.15) is 5.69 Å². The molecule has 148 valence electrons. The Bertz CT molecular complexity index is 1260. The van der Waals surface area contributed by atoms with Crippen LogP contribution in [-0.4, -0.2) is 21.3 Å². The van der Waals surface area contributed by atoms with E-state index in [0.717, 1.165) is 4.52 Å². The lowest BCUT2D eigenvalue weighted by atomic mass is 10.1. The van der Waals surface area contributed by atoms with Gasteiger partial charge in [-0.05, 0) is 42.5 Å². The first-order valence-electron chi connectivity index (χ1n) is 8.41. The zero-order valence-corrected chi connectivity index (χ0v) is 15.7. The predicted octanol–water partition coefficient (Wildman–Crippen LogP) is 4.83. The van der Waals surface area contributed by atoms with Crippen molar-refractivity contribution >= 4 is 17.2 Å². The van der Waals surface area contributed by atoms with Crippen LogP contribution in [0.3, 0.4) is 0 Å². The minimum absolute atomic E-state index is 0.129. The van der Waals surface area contributed by atoms with E-state index in [1.165, 1.54) is 17.9 Å². The second-order valence-corrected chi connectivity index (χ2v) is 6.63. The van der Waals surface area contributed by atoms with Crippen LogP contribution in [-0.2, 0) is 6.18 Å². The molecule has 0 aliphatic rings. The standard InChI is InChI=1S/C20H13ClF3N3O2/c1-29-15-7-5-12(6-8-15)16-10-18-25-17(20(22,23)24)11-19(28)27(18)26(16)14-4-2-3-13(21)9-14/h2-11H,1H3. The van der Waals surface area contributed by atoms with Crippen molar-refractivity contribution in [2.75, 3.05) is 7.11 Å². The molecule has 0 aliphatic carbocycles. The number of nitrogens with zero attached hydrogens (tertiary/aromatic N) is 3. The van der Waals surface area contributed by atoms with E-state index in [4.69, 9.17) is 16.3 Å². The molecule has 4 rings (SSSR count). The van der Waals surface area contributed by atoms with Gasteiger partial charge in [0.15, 0.2) is 11.3 Å². The topological polar surface area (TPSA) is 48.5 Å². The molecule has 0 saturated carbocycles. The summed E-state index contributed by atoms with van der Waals surface area (Å²) in [5.41, 5.74) is -0.602. The number of methoxy groups -OCH3 is 1. The molecule has 0 radical (unpaired) electrons. The minimum Gasteiger partial charge on any atom is -0.497 e. The third kappa shape index (κ3) is 3.47. The molecule has 0 N–H and O–H groups in total. The molecule has 0 aliphatic heterocycles. The van der Waals surface area contributed by atoms with Gasteiger partial charge in [0.2, 0.25) is 0 Å². The molecule has 4 aromatic rings. The van der Waals surface area contributed by atoms with Gasteiger partial charge in [-0.1, -0.05) is 17.7 Å². The zero-order chi connectivity index (χ0) is 20.8. The van der Waals surface area contributed by atoms with E-state index in [1.54, 1.807) is 48.5 Å². The van der Waals surface area contributed by atoms with Crippen molar-refractivity contribution in [3.63, 3.8) is 0 Å². The minimum atomic E-state index is -4.73. The summed E-state index contributed by atoms with van der Waals surface area (Å²) in [6.45, 7) is 0. The van der Waals surface area contributed by atoms with Crippen LogP contribution in [0.4, 0.5) is 13.2 Å². The lowest BCUT2D eigenvalue weighted by molar-refractivity contribution is -0.141. The largest absolute Gasteiger partial charge is 0.497 e. The quantitative estimate of drug-likeness (QED) is 0.478. The SMILES string of the molecule is COc1ccc(-c2cc3nc(C(F)(F)F)cc(=O)n3n2-c2cccc(Cl)c2)cc1. The number of ether oxygens (including phenoxy) is 1. The number of hydrogen-bond acceptors (Lipinski definition) is 3. The molecule has 0 amide bonds. The smallest absolute Gasteiger partial charge is 0.433 e. The van der Waals surface area contributed by atoms with E-state index < -0.39 is 17.4 Å². The first-order valence-corrected chi connectivity index (χ1v) is 8.79. The lowest BCUT2D eigenvalue weighted by Crippen LogP contribution is -2.23. The fourth-order valence-electron chi connectivity index (χ4n) is 3.05. The van der Waals surface area contributed by atoms with Gasteiger partial charge in [0.05, 0.1) is 18.5 Å². The number of benzene rings is 2. The number of rotatable bonds is 3. The molecule has 0 bridgehead atoms. The summed E-state index contributed by atoms with van der Waals surface area (Å²) >= 11 is 6.09. The second kappa shape index (κ2) is 6.97. The highest BCUT2D eigenvalue weighted by Crippen LogP contribution is 2.30. The number of alkyl halides is 3. The molecule has 2 heterocycles. The van der Waals surface area contributed by atoms with Crippen LogP contribution in [0.15, 0.2) is 65.5 Å². The van der Waals surface area contributed by atoms with Crippen LogP contribution in [0.2, 0.25) is 5.02 Å². The van der Waals surface area contributed by atoms with E-state index in [9.17, 15) is 18.0 Å². The molecular formula is C20H13ClF3N3O2. The second-order valence-electron chi connectivity index (χ2n) is 6.20. The molecule has 0 spiro atoms. The molecule has 0 unspecified atom stereocenters. The van der Waals surface area contributed by atoms with Crippen LogP contribution in [0, 0.1) is 0 Å². The van der Waals surface area contributed by atoms with Crippen LogP contribution in [0.5, 0.6) is 5.75 Å². The van der Waals surface area contributed by atoms with Crippen molar-refractivity contribution in [1.29, 1.82) is 0 Å². The first kappa shape index (κ1) is 19.1. The summed E-state index contributed by atoms with van der Waals surface area (Å²) < 4.78 is 47.1. The molecule has 9 heteroatoms. The van der Waals surface area contributed by atoms with Gasteiger partial charge in [0.25, 0.3) is 5.56 Å². The van der Waals surface area contributed by atoms with Gasteiger partial charge in [0, 0.05) is 22.7 Å².